The zero-order chi connectivity index (χ0) is 30.3. The van der Waals surface area contributed by atoms with Crippen LogP contribution in [0, 0.1) is 0 Å². The van der Waals surface area contributed by atoms with Crippen molar-refractivity contribution in [3.8, 4) is 0 Å². The molecular weight excluding hydrogens is 568 g/mol. The molecule has 0 radical (unpaired) electrons. The molecule has 0 aliphatic carbocycles. The van der Waals surface area contributed by atoms with Crippen LogP contribution in [0.4, 0.5) is 11.4 Å². The Morgan fingerprint density at radius 2 is 1.48 bits per heavy atom. The molecule has 0 unspecified atom stereocenters. The first kappa shape index (κ1) is 28.5. The van der Waals surface area contributed by atoms with Gasteiger partial charge in [-0.2, -0.15) is 0 Å². The number of fused-ring (bicyclic) bond motifs is 2. The second kappa shape index (κ2) is 13.1. The van der Waals surface area contributed by atoms with Crippen LogP contribution in [0.1, 0.15) is 15.9 Å². The van der Waals surface area contributed by atoms with E-state index in [1.54, 1.807) is 42.5 Å². The smallest absolute Gasteiger partial charge is 0.272 e. The highest BCUT2D eigenvalue weighted by atomic mass is 32.2. The fraction of sp³-hybridized carbons (Fsp3) is 0.0278. The summed E-state index contributed by atoms with van der Waals surface area (Å²) in [6, 6.07) is 37.4. The van der Waals surface area contributed by atoms with Crippen molar-refractivity contribution in [1.82, 2.24) is 10.3 Å². The topological polar surface area (TPSA) is 103 Å². The molecule has 5 aromatic carbocycles. The largest absolute Gasteiger partial charge is 0.361 e. The number of thioether (sulfide) groups is 1. The molecule has 216 valence electrons. The normalized spacial score (nSPS) is 11.3. The summed E-state index contributed by atoms with van der Waals surface area (Å²) >= 11 is 1.36. The molecule has 0 fully saturated rings. The van der Waals surface area contributed by atoms with Gasteiger partial charge in [0.05, 0.1) is 5.75 Å². The first-order chi connectivity index (χ1) is 21.5. The number of aromatic amines is 1. The van der Waals surface area contributed by atoms with Gasteiger partial charge in [0.2, 0.25) is 5.91 Å². The molecule has 0 bridgehead atoms. The lowest BCUT2D eigenvalue weighted by Crippen LogP contribution is -2.30. The van der Waals surface area contributed by atoms with E-state index in [9.17, 15) is 14.4 Å². The molecule has 0 saturated carbocycles. The summed E-state index contributed by atoms with van der Waals surface area (Å²) in [5, 5.41) is 11.7. The van der Waals surface area contributed by atoms with Gasteiger partial charge in [-0.05, 0) is 76.3 Å². The molecule has 6 aromatic rings. The predicted molar refractivity (Wildman–Crippen MR) is 179 cm³/mol. The van der Waals surface area contributed by atoms with Crippen molar-refractivity contribution in [2.75, 3.05) is 16.4 Å². The van der Waals surface area contributed by atoms with E-state index in [0.717, 1.165) is 37.8 Å². The Labute approximate surface area is 258 Å². The molecular formula is C36H28N4O3S. The average molecular weight is 597 g/mol. The van der Waals surface area contributed by atoms with Crippen molar-refractivity contribution < 1.29 is 14.4 Å². The van der Waals surface area contributed by atoms with E-state index >= 15 is 0 Å². The number of carbonyl (C=O) groups excluding carboxylic acids is 3. The van der Waals surface area contributed by atoms with Gasteiger partial charge in [0.15, 0.2) is 0 Å². The van der Waals surface area contributed by atoms with E-state index in [1.807, 2.05) is 91.1 Å². The molecule has 0 atom stereocenters. The second-order valence-corrected chi connectivity index (χ2v) is 11.1. The van der Waals surface area contributed by atoms with Crippen molar-refractivity contribution >= 4 is 68.6 Å². The zero-order valence-electron chi connectivity index (χ0n) is 23.5. The molecule has 1 heterocycles. The number of hydrogen-bond acceptors (Lipinski definition) is 4. The first-order valence-corrected chi connectivity index (χ1v) is 15.0. The maximum absolute atomic E-state index is 13.6. The van der Waals surface area contributed by atoms with Gasteiger partial charge in [0.1, 0.15) is 5.70 Å². The van der Waals surface area contributed by atoms with Crippen LogP contribution in [0.3, 0.4) is 0 Å². The maximum Gasteiger partial charge on any atom is 0.272 e. The van der Waals surface area contributed by atoms with Gasteiger partial charge in [0.25, 0.3) is 11.8 Å². The SMILES string of the molecule is O=C(CSc1cccc(NC(=O)/C(=C\c2cccc3ccccc23)NC(=O)c2ccccc2)c1)Nc1ccc2cc[nH]c2c1. The molecule has 0 aliphatic heterocycles. The van der Waals surface area contributed by atoms with Crippen LogP contribution < -0.4 is 16.0 Å². The number of aromatic nitrogens is 1. The number of hydrogen-bond donors (Lipinski definition) is 4. The van der Waals surface area contributed by atoms with Crippen LogP contribution in [0.25, 0.3) is 27.8 Å². The van der Waals surface area contributed by atoms with Crippen LogP contribution in [-0.4, -0.2) is 28.5 Å². The Morgan fingerprint density at radius 1 is 0.705 bits per heavy atom. The van der Waals surface area contributed by atoms with Gasteiger partial charge in [-0.25, -0.2) is 0 Å². The summed E-state index contributed by atoms with van der Waals surface area (Å²) in [4.78, 5) is 43.3. The van der Waals surface area contributed by atoms with E-state index in [0.29, 0.717) is 11.3 Å². The van der Waals surface area contributed by atoms with Crippen LogP contribution in [0.15, 0.2) is 138 Å². The van der Waals surface area contributed by atoms with E-state index in [-0.39, 0.29) is 17.4 Å². The number of nitrogens with one attached hydrogen (secondary N) is 4. The van der Waals surface area contributed by atoms with Gasteiger partial charge in [-0.15, -0.1) is 11.8 Å². The Bertz CT molecular complexity index is 2010. The maximum atomic E-state index is 13.6. The highest BCUT2D eigenvalue weighted by molar-refractivity contribution is 8.00. The van der Waals surface area contributed by atoms with E-state index in [1.165, 1.54) is 11.8 Å². The fourth-order valence-corrected chi connectivity index (χ4v) is 5.56. The zero-order valence-corrected chi connectivity index (χ0v) is 24.4. The Hall–Kier alpha value is -5.60. The van der Waals surface area contributed by atoms with Gasteiger partial charge in [-0.3, -0.25) is 14.4 Å². The quantitative estimate of drug-likeness (QED) is 0.103. The van der Waals surface area contributed by atoms with Gasteiger partial charge < -0.3 is 20.9 Å². The van der Waals surface area contributed by atoms with E-state index in [2.05, 4.69) is 20.9 Å². The Morgan fingerprint density at radius 3 is 2.36 bits per heavy atom. The predicted octanol–water partition coefficient (Wildman–Crippen LogP) is 7.46. The van der Waals surface area contributed by atoms with Crippen LogP contribution in [0.5, 0.6) is 0 Å². The number of anilines is 2. The number of benzene rings is 5. The molecule has 4 N–H and O–H groups in total. The third kappa shape index (κ3) is 6.88. The number of carbonyl (C=O) groups is 3. The highest BCUT2D eigenvalue weighted by Crippen LogP contribution is 2.24. The fourth-order valence-electron chi connectivity index (χ4n) is 4.81. The molecule has 44 heavy (non-hydrogen) atoms. The van der Waals surface area contributed by atoms with E-state index in [4.69, 9.17) is 0 Å². The summed E-state index contributed by atoms with van der Waals surface area (Å²) in [5.41, 5.74) is 3.55. The summed E-state index contributed by atoms with van der Waals surface area (Å²) < 4.78 is 0. The molecule has 3 amide bonds. The molecule has 8 heteroatoms. The standard InChI is InChI=1S/C36H28N4O3S/c41-34(38-29-17-16-25-18-19-37-32(25)22-29)23-44-30-14-7-13-28(21-30)39-36(43)33(40-35(42)26-9-2-1-3-10-26)20-27-12-6-11-24-8-4-5-15-31(24)27/h1-22,37H,23H2,(H,38,41)(H,39,43)(H,40,42)/b33-20+. The molecule has 1 aromatic heterocycles. The minimum atomic E-state index is -0.471. The number of amides is 3. The Kier molecular flexibility index (Phi) is 8.52. The lowest BCUT2D eigenvalue weighted by atomic mass is 10.0. The van der Waals surface area contributed by atoms with Crippen molar-refractivity contribution in [3.63, 3.8) is 0 Å². The monoisotopic (exact) mass is 596 g/mol. The number of rotatable bonds is 9. The summed E-state index contributed by atoms with van der Waals surface area (Å²) in [5.74, 6) is -0.807. The van der Waals surface area contributed by atoms with Gasteiger partial charge in [-0.1, -0.05) is 72.8 Å². The third-order valence-corrected chi connectivity index (χ3v) is 7.95. The summed E-state index contributed by atoms with van der Waals surface area (Å²) in [6.07, 6.45) is 3.55. The third-order valence-electron chi connectivity index (χ3n) is 6.95. The molecule has 0 saturated heterocycles. The summed E-state index contributed by atoms with van der Waals surface area (Å²) in [7, 11) is 0. The number of H-pyrrole nitrogens is 1. The molecule has 7 nitrogen and oxygen atoms in total. The molecule has 0 aliphatic rings. The molecule has 6 rings (SSSR count). The van der Waals surface area contributed by atoms with Crippen LogP contribution in [-0.2, 0) is 9.59 Å². The van der Waals surface area contributed by atoms with Gasteiger partial charge in [0, 0.05) is 33.5 Å². The lowest BCUT2D eigenvalue weighted by molar-refractivity contribution is -0.114. The average Bonchev–Trinajstić information content (AvgIpc) is 3.52. The van der Waals surface area contributed by atoms with Gasteiger partial charge >= 0.3 is 0 Å². The summed E-state index contributed by atoms with van der Waals surface area (Å²) in [6.45, 7) is 0. The van der Waals surface area contributed by atoms with Crippen molar-refractivity contribution in [2.45, 2.75) is 4.90 Å². The van der Waals surface area contributed by atoms with Crippen LogP contribution >= 0.6 is 11.8 Å². The first-order valence-electron chi connectivity index (χ1n) is 14.0. The van der Waals surface area contributed by atoms with Crippen LogP contribution in [0.2, 0.25) is 0 Å². The highest BCUT2D eigenvalue weighted by Gasteiger charge is 2.16. The second-order valence-electron chi connectivity index (χ2n) is 10.0. The van der Waals surface area contributed by atoms with Crippen molar-refractivity contribution in [2.24, 2.45) is 0 Å². The van der Waals surface area contributed by atoms with Crippen molar-refractivity contribution in [3.05, 3.63) is 144 Å². The van der Waals surface area contributed by atoms with Crippen molar-refractivity contribution in [1.29, 1.82) is 0 Å². The molecule has 0 spiro atoms. The van der Waals surface area contributed by atoms with E-state index < -0.39 is 11.8 Å². The minimum Gasteiger partial charge on any atom is -0.361 e. The lowest BCUT2D eigenvalue weighted by Gasteiger charge is -2.13. The minimum absolute atomic E-state index is 0.103. The Balaban J connectivity index is 1.17.